The molecule has 0 radical (unpaired) electrons. The minimum Gasteiger partial charge on any atom is -0.396 e. The molecule has 1 saturated heterocycles. The Hall–Kier alpha value is -1.11. The molecule has 1 unspecified atom stereocenters. The lowest BCUT2D eigenvalue weighted by molar-refractivity contribution is 0.166. The molecular formula is C12H18N2O3S. The van der Waals surface area contributed by atoms with Gasteiger partial charge < -0.3 is 5.11 Å². The molecule has 0 spiro atoms. The number of rotatable bonds is 4. The molecule has 100 valence electrons. The molecule has 0 aliphatic carbocycles. The van der Waals surface area contributed by atoms with Gasteiger partial charge in [-0.25, -0.2) is 0 Å². The van der Waals surface area contributed by atoms with Gasteiger partial charge in [0.1, 0.15) is 0 Å². The average molecular weight is 270 g/mol. The number of hydrogen-bond donors (Lipinski definition) is 2. The number of anilines is 1. The Balaban J connectivity index is 2.06. The van der Waals surface area contributed by atoms with Crippen molar-refractivity contribution in [2.75, 3.05) is 24.4 Å². The lowest BCUT2D eigenvalue weighted by Gasteiger charge is -2.31. The summed E-state index contributed by atoms with van der Waals surface area (Å²) in [4.78, 5) is 0. The second-order valence-corrected chi connectivity index (χ2v) is 6.19. The molecule has 1 aromatic rings. The molecule has 0 saturated carbocycles. The van der Waals surface area contributed by atoms with E-state index in [-0.39, 0.29) is 12.5 Å². The Morgan fingerprint density at radius 2 is 2.06 bits per heavy atom. The van der Waals surface area contributed by atoms with Gasteiger partial charge in [-0.15, -0.1) is 0 Å². The van der Waals surface area contributed by atoms with Gasteiger partial charge in [0.05, 0.1) is 0 Å². The number of benzene rings is 1. The predicted molar refractivity (Wildman–Crippen MR) is 70.4 cm³/mol. The second kappa shape index (κ2) is 5.69. The van der Waals surface area contributed by atoms with E-state index >= 15 is 0 Å². The molecule has 0 aromatic heterocycles. The van der Waals surface area contributed by atoms with Crippen LogP contribution in [0.15, 0.2) is 30.3 Å². The zero-order valence-electron chi connectivity index (χ0n) is 10.1. The molecule has 0 bridgehead atoms. The number of nitrogens with one attached hydrogen (secondary N) is 1. The van der Waals surface area contributed by atoms with Crippen molar-refractivity contribution in [3.63, 3.8) is 0 Å². The van der Waals surface area contributed by atoms with E-state index in [0.717, 1.165) is 12.8 Å². The number of para-hydroxylation sites is 1. The minimum absolute atomic E-state index is 0.0390. The van der Waals surface area contributed by atoms with Crippen molar-refractivity contribution < 1.29 is 13.5 Å². The third-order valence-electron chi connectivity index (χ3n) is 3.10. The first kappa shape index (κ1) is 13.3. The Labute approximate surface area is 108 Å². The van der Waals surface area contributed by atoms with E-state index in [2.05, 4.69) is 4.72 Å². The first-order chi connectivity index (χ1) is 8.62. The lowest BCUT2D eigenvalue weighted by Crippen LogP contribution is -2.43. The van der Waals surface area contributed by atoms with Crippen LogP contribution in [-0.4, -0.2) is 37.5 Å². The first-order valence-corrected chi connectivity index (χ1v) is 7.49. The van der Waals surface area contributed by atoms with Crippen molar-refractivity contribution in [2.45, 2.75) is 12.8 Å². The van der Waals surface area contributed by atoms with E-state index in [4.69, 9.17) is 5.11 Å². The van der Waals surface area contributed by atoms with Crippen LogP contribution in [0.4, 0.5) is 5.69 Å². The number of nitrogens with zero attached hydrogens (tertiary/aromatic N) is 1. The summed E-state index contributed by atoms with van der Waals surface area (Å²) in [5, 5.41) is 9.12. The van der Waals surface area contributed by atoms with Crippen molar-refractivity contribution in [1.29, 1.82) is 0 Å². The predicted octanol–water partition coefficient (Wildman–Crippen LogP) is 1.05. The van der Waals surface area contributed by atoms with Gasteiger partial charge in [-0.1, -0.05) is 18.2 Å². The number of piperidine rings is 1. The van der Waals surface area contributed by atoms with Crippen LogP contribution in [0.25, 0.3) is 0 Å². The van der Waals surface area contributed by atoms with Gasteiger partial charge in [-0.05, 0) is 30.9 Å². The average Bonchev–Trinajstić information content (AvgIpc) is 2.39. The molecule has 1 aromatic carbocycles. The highest BCUT2D eigenvalue weighted by molar-refractivity contribution is 7.90. The molecule has 0 amide bonds. The van der Waals surface area contributed by atoms with E-state index in [1.54, 1.807) is 24.3 Å². The van der Waals surface area contributed by atoms with E-state index in [1.807, 2.05) is 6.07 Å². The second-order valence-electron chi connectivity index (χ2n) is 4.52. The molecule has 1 atom stereocenters. The Morgan fingerprint density at radius 3 is 2.72 bits per heavy atom. The zero-order valence-corrected chi connectivity index (χ0v) is 10.9. The number of aliphatic hydroxyl groups is 1. The topological polar surface area (TPSA) is 69.6 Å². The van der Waals surface area contributed by atoms with Crippen molar-refractivity contribution in [1.82, 2.24) is 4.31 Å². The van der Waals surface area contributed by atoms with Gasteiger partial charge in [-0.2, -0.15) is 12.7 Å². The summed E-state index contributed by atoms with van der Waals surface area (Å²) in [6, 6.07) is 8.83. The third kappa shape index (κ3) is 3.22. The van der Waals surface area contributed by atoms with Crippen LogP contribution in [0.5, 0.6) is 0 Å². The standard InChI is InChI=1S/C12H18N2O3S/c15-10-11-5-4-8-14(9-11)18(16,17)13-12-6-2-1-3-7-12/h1-3,6-7,11,13,15H,4-5,8-10H2. The van der Waals surface area contributed by atoms with Crippen LogP contribution in [0.2, 0.25) is 0 Å². The fourth-order valence-electron chi connectivity index (χ4n) is 2.11. The van der Waals surface area contributed by atoms with Gasteiger partial charge in [0.15, 0.2) is 0 Å². The summed E-state index contributed by atoms with van der Waals surface area (Å²) in [5.41, 5.74) is 0.559. The molecule has 18 heavy (non-hydrogen) atoms. The van der Waals surface area contributed by atoms with Crippen LogP contribution in [0.1, 0.15) is 12.8 Å². The summed E-state index contributed by atoms with van der Waals surface area (Å²) in [7, 11) is -3.51. The third-order valence-corrected chi connectivity index (χ3v) is 4.61. The summed E-state index contributed by atoms with van der Waals surface area (Å²) in [6.07, 6.45) is 1.68. The van der Waals surface area contributed by atoms with Gasteiger partial charge in [0, 0.05) is 25.4 Å². The van der Waals surface area contributed by atoms with Crippen LogP contribution >= 0.6 is 0 Å². The van der Waals surface area contributed by atoms with Crippen LogP contribution < -0.4 is 4.72 Å². The van der Waals surface area contributed by atoms with E-state index in [1.165, 1.54) is 4.31 Å². The Morgan fingerprint density at radius 1 is 1.33 bits per heavy atom. The van der Waals surface area contributed by atoms with Crippen molar-refractivity contribution >= 4 is 15.9 Å². The summed E-state index contributed by atoms with van der Waals surface area (Å²) in [6.45, 7) is 0.939. The fourth-order valence-corrected chi connectivity index (χ4v) is 3.45. The largest absolute Gasteiger partial charge is 0.396 e. The molecule has 5 nitrogen and oxygen atoms in total. The molecule has 2 N–H and O–H groups in total. The van der Waals surface area contributed by atoms with Crippen molar-refractivity contribution in [2.24, 2.45) is 5.92 Å². The molecule has 1 fully saturated rings. The monoisotopic (exact) mass is 270 g/mol. The Bertz CT molecular complexity index is 475. The highest BCUT2D eigenvalue weighted by Gasteiger charge is 2.28. The smallest absolute Gasteiger partial charge is 0.301 e. The van der Waals surface area contributed by atoms with Crippen molar-refractivity contribution in [3.05, 3.63) is 30.3 Å². The molecule has 6 heteroatoms. The van der Waals surface area contributed by atoms with Gasteiger partial charge in [0.2, 0.25) is 0 Å². The quantitative estimate of drug-likeness (QED) is 0.859. The maximum atomic E-state index is 12.1. The Kier molecular flexibility index (Phi) is 4.21. The maximum absolute atomic E-state index is 12.1. The van der Waals surface area contributed by atoms with E-state index in [0.29, 0.717) is 18.8 Å². The number of aliphatic hydroxyl groups excluding tert-OH is 1. The normalized spacial score (nSPS) is 21.7. The van der Waals surface area contributed by atoms with E-state index in [9.17, 15) is 8.42 Å². The summed E-state index contributed by atoms with van der Waals surface area (Å²) >= 11 is 0. The molecule has 1 heterocycles. The highest BCUT2D eigenvalue weighted by atomic mass is 32.2. The van der Waals surface area contributed by atoms with Gasteiger partial charge >= 0.3 is 10.2 Å². The molecular weight excluding hydrogens is 252 g/mol. The van der Waals surface area contributed by atoms with Crippen molar-refractivity contribution in [3.8, 4) is 0 Å². The van der Waals surface area contributed by atoms with Gasteiger partial charge in [-0.3, -0.25) is 4.72 Å². The van der Waals surface area contributed by atoms with Crippen LogP contribution in [0, 0.1) is 5.92 Å². The fraction of sp³-hybridized carbons (Fsp3) is 0.500. The van der Waals surface area contributed by atoms with Gasteiger partial charge in [0.25, 0.3) is 0 Å². The summed E-state index contributed by atoms with van der Waals surface area (Å²) in [5.74, 6) is 0.0473. The van der Waals surface area contributed by atoms with Crippen LogP contribution in [0.3, 0.4) is 0 Å². The van der Waals surface area contributed by atoms with Crippen LogP contribution in [-0.2, 0) is 10.2 Å². The van der Waals surface area contributed by atoms with E-state index < -0.39 is 10.2 Å². The lowest BCUT2D eigenvalue weighted by atomic mass is 10.0. The first-order valence-electron chi connectivity index (χ1n) is 6.05. The highest BCUT2D eigenvalue weighted by Crippen LogP contribution is 2.20. The number of hydrogen-bond acceptors (Lipinski definition) is 3. The molecule has 1 aliphatic rings. The SMILES string of the molecule is O=S(=O)(Nc1ccccc1)N1CCCC(CO)C1. The molecule has 2 rings (SSSR count). The minimum atomic E-state index is -3.51. The molecule has 1 aliphatic heterocycles. The maximum Gasteiger partial charge on any atom is 0.301 e. The summed E-state index contributed by atoms with van der Waals surface area (Å²) < 4.78 is 28.3. The zero-order chi connectivity index (χ0) is 13.0.